The third-order valence-corrected chi connectivity index (χ3v) is 3.30. The van der Waals surface area contributed by atoms with Gasteiger partial charge in [0, 0.05) is 6.20 Å². The van der Waals surface area contributed by atoms with E-state index in [9.17, 15) is 4.79 Å². The molecule has 0 atom stereocenters. The molecular weight excluding hydrogens is 274 g/mol. The summed E-state index contributed by atoms with van der Waals surface area (Å²) < 4.78 is 1.55. The number of rotatable bonds is 2. The third kappa shape index (κ3) is 1.85. The van der Waals surface area contributed by atoms with Gasteiger partial charge in [0.1, 0.15) is 5.56 Å². The van der Waals surface area contributed by atoms with Gasteiger partial charge in [-0.2, -0.15) is 5.10 Å². The van der Waals surface area contributed by atoms with Gasteiger partial charge in [-0.3, -0.25) is 0 Å². The van der Waals surface area contributed by atoms with E-state index in [1.165, 1.54) is 6.20 Å². The van der Waals surface area contributed by atoms with E-state index >= 15 is 0 Å². The molecule has 3 aromatic heterocycles. The normalized spacial score (nSPS) is 10.2. The number of aromatic carboxylic acids is 1. The number of hydrogen-bond acceptors (Lipinski definition) is 4. The molecule has 5 nitrogen and oxygen atoms in total. The molecule has 0 saturated carbocycles. The first-order valence-corrected chi connectivity index (χ1v) is 5.75. The summed E-state index contributed by atoms with van der Waals surface area (Å²) in [5, 5.41) is 15.0. The average molecular weight is 282 g/mol. The van der Waals surface area contributed by atoms with Crippen molar-refractivity contribution in [1.29, 1.82) is 0 Å². The highest BCUT2D eigenvalue weighted by molar-refractivity contribution is 7.13. The van der Waals surface area contributed by atoms with E-state index in [1.807, 2.05) is 23.6 Å². The monoisotopic (exact) mass is 281 g/mol. The van der Waals surface area contributed by atoms with E-state index in [-0.39, 0.29) is 18.0 Å². The van der Waals surface area contributed by atoms with Crippen molar-refractivity contribution in [1.82, 2.24) is 14.6 Å². The van der Waals surface area contributed by atoms with Crippen molar-refractivity contribution in [2.45, 2.75) is 0 Å². The first-order valence-electron chi connectivity index (χ1n) is 4.87. The van der Waals surface area contributed by atoms with Gasteiger partial charge in [-0.15, -0.1) is 23.7 Å². The summed E-state index contributed by atoms with van der Waals surface area (Å²) in [5.74, 6) is -1.02. The molecule has 0 radical (unpaired) electrons. The summed E-state index contributed by atoms with van der Waals surface area (Å²) in [7, 11) is 0. The molecule has 0 aliphatic heterocycles. The van der Waals surface area contributed by atoms with Crippen LogP contribution >= 0.6 is 23.7 Å². The van der Waals surface area contributed by atoms with Crippen LogP contribution in [0.1, 0.15) is 10.4 Å². The van der Waals surface area contributed by atoms with E-state index in [2.05, 4.69) is 10.1 Å². The van der Waals surface area contributed by atoms with Crippen LogP contribution in [0.4, 0.5) is 0 Å². The summed E-state index contributed by atoms with van der Waals surface area (Å²) in [4.78, 5) is 16.1. The number of carboxylic acids is 1. The van der Waals surface area contributed by atoms with E-state index in [1.54, 1.807) is 22.0 Å². The van der Waals surface area contributed by atoms with Crippen molar-refractivity contribution >= 4 is 35.4 Å². The molecule has 0 fully saturated rings. The lowest BCUT2D eigenvalue weighted by molar-refractivity contribution is 0.0699. The van der Waals surface area contributed by atoms with Crippen LogP contribution in [0.5, 0.6) is 0 Å². The fourth-order valence-electron chi connectivity index (χ4n) is 1.65. The lowest BCUT2D eigenvalue weighted by Gasteiger charge is -2.01. The second-order valence-corrected chi connectivity index (χ2v) is 4.35. The molecule has 92 valence electrons. The van der Waals surface area contributed by atoms with Gasteiger partial charge in [-0.25, -0.2) is 14.3 Å². The number of fused-ring (bicyclic) bond motifs is 1. The van der Waals surface area contributed by atoms with E-state index in [0.717, 1.165) is 10.6 Å². The summed E-state index contributed by atoms with van der Waals surface area (Å²) in [5.41, 5.74) is 1.32. The van der Waals surface area contributed by atoms with Crippen molar-refractivity contribution in [3.8, 4) is 10.6 Å². The maximum absolute atomic E-state index is 11.0. The first-order chi connectivity index (χ1) is 8.27. The largest absolute Gasteiger partial charge is 0.477 e. The Morgan fingerprint density at radius 2 is 2.22 bits per heavy atom. The van der Waals surface area contributed by atoms with Crippen LogP contribution in [-0.2, 0) is 0 Å². The molecular formula is C11H8ClN3O2S. The van der Waals surface area contributed by atoms with Crippen LogP contribution in [0.25, 0.3) is 16.2 Å². The minimum atomic E-state index is -1.02. The number of halogens is 1. The molecule has 0 spiro atoms. The fourth-order valence-corrected chi connectivity index (χ4v) is 2.39. The molecule has 3 aromatic rings. The lowest BCUT2D eigenvalue weighted by atomic mass is 10.3. The van der Waals surface area contributed by atoms with Crippen molar-refractivity contribution < 1.29 is 9.90 Å². The Balaban J connectivity index is 0.00000120. The Morgan fingerprint density at radius 3 is 2.89 bits per heavy atom. The van der Waals surface area contributed by atoms with E-state index in [0.29, 0.717) is 5.65 Å². The SMILES string of the molecule is Cl.O=C(O)c1cnn2c(-c3cccs3)ccnc12. The molecule has 0 saturated heterocycles. The molecule has 0 amide bonds. The second kappa shape index (κ2) is 4.75. The van der Waals surface area contributed by atoms with Gasteiger partial charge in [0.15, 0.2) is 5.65 Å². The Bertz CT molecular complexity index is 693. The molecule has 3 heterocycles. The van der Waals surface area contributed by atoms with Crippen molar-refractivity contribution in [2.75, 3.05) is 0 Å². The van der Waals surface area contributed by atoms with Gasteiger partial charge in [0.2, 0.25) is 0 Å². The number of carbonyl (C=O) groups is 1. The highest BCUT2D eigenvalue weighted by atomic mass is 35.5. The van der Waals surface area contributed by atoms with Gasteiger partial charge < -0.3 is 5.11 Å². The Morgan fingerprint density at radius 1 is 1.39 bits per heavy atom. The van der Waals surface area contributed by atoms with Crippen LogP contribution in [0.2, 0.25) is 0 Å². The van der Waals surface area contributed by atoms with Gasteiger partial charge in [0.25, 0.3) is 0 Å². The van der Waals surface area contributed by atoms with Crippen LogP contribution in [-0.4, -0.2) is 25.7 Å². The van der Waals surface area contributed by atoms with Crippen LogP contribution < -0.4 is 0 Å². The quantitative estimate of drug-likeness (QED) is 0.784. The number of thiophene rings is 1. The molecule has 0 unspecified atom stereocenters. The molecule has 7 heteroatoms. The fraction of sp³-hybridized carbons (Fsp3) is 0. The zero-order chi connectivity index (χ0) is 11.8. The molecule has 1 N–H and O–H groups in total. The third-order valence-electron chi connectivity index (χ3n) is 2.41. The maximum Gasteiger partial charge on any atom is 0.341 e. The Hall–Kier alpha value is -1.92. The maximum atomic E-state index is 11.0. The highest BCUT2D eigenvalue weighted by Gasteiger charge is 2.14. The predicted octanol–water partition coefficient (Wildman–Crippen LogP) is 2.58. The van der Waals surface area contributed by atoms with Crippen LogP contribution in [0, 0.1) is 0 Å². The number of nitrogens with zero attached hydrogens (tertiary/aromatic N) is 3. The van der Waals surface area contributed by atoms with Gasteiger partial charge in [0.05, 0.1) is 16.8 Å². The Labute approximate surface area is 112 Å². The average Bonchev–Trinajstić information content (AvgIpc) is 2.97. The van der Waals surface area contributed by atoms with Gasteiger partial charge in [-0.1, -0.05) is 6.07 Å². The summed E-state index contributed by atoms with van der Waals surface area (Å²) in [6, 6.07) is 5.72. The molecule has 0 aromatic carbocycles. The minimum Gasteiger partial charge on any atom is -0.477 e. The second-order valence-electron chi connectivity index (χ2n) is 3.41. The smallest absolute Gasteiger partial charge is 0.341 e. The zero-order valence-electron chi connectivity index (χ0n) is 8.98. The summed E-state index contributed by atoms with van der Waals surface area (Å²) in [6.45, 7) is 0. The number of aromatic nitrogens is 3. The zero-order valence-corrected chi connectivity index (χ0v) is 10.6. The summed E-state index contributed by atoms with van der Waals surface area (Å²) in [6.07, 6.45) is 2.92. The molecule has 0 bridgehead atoms. The van der Waals surface area contributed by atoms with E-state index < -0.39 is 5.97 Å². The molecule has 0 aliphatic rings. The standard InChI is InChI=1S/C11H7N3O2S.ClH/c15-11(16)7-6-13-14-8(3-4-12-10(7)14)9-2-1-5-17-9;/h1-6H,(H,15,16);1H. The van der Waals surface area contributed by atoms with Gasteiger partial charge >= 0.3 is 5.97 Å². The first kappa shape index (κ1) is 12.5. The van der Waals surface area contributed by atoms with Crippen LogP contribution in [0.3, 0.4) is 0 Å². The topological polar surface area (TPSA) is 67.5 Å². The number of hydrogen-bond donors (Lipinski definition) is 1. The lowest BCUT2D eigenvalue weighted by Crippen LogP contribution is -1.98. The minimum absolute atomic E-state index is 0. The van der Waals surface area contributed by atoms with Gasteiger partial charge in [-0.05, 0) is 17.5 Å². The van der Waals surface area contributed by atoms with Crippen LogP contribution in [0.15, 0.2) is 36.0 Å². The Kier molecular flexibility index (Phi) is 3.31. The molecule has 18 heavy (non-hydrogen) atoms. The predicted molar refractivity (Wildman–Crippen MR) is 70.5 cm³/mol. The van der Waals surface area contributed by atoms with E-state index in [4.69, 9.17) is 5.11 Å². The van der Waals surface area contributed by atoms with Crippen molar-refractivity contribution in [3.63, 3.8) is 0 Å². The number of carboxylic acid groups (broad SMARTS) is 1. The van der Waals surface area contributed by atoms with Crippen molar-refractivity contribution in [2.24, 2.45) is 0 Å². The summed E-state index contributed by atoms with van der Waals surface area (Å²) >= 11 is 1.57. The molecule has 0 aliphatic carbocycles. The highest BCUT2D eigenvalue weighted by Crippen LogP contribution is 2.25. The van der Waals surface area contributed by atoms with Crippen molar-refractivity contribution in [3.05, 3.63) is 41.5 Å². The molecule has 3 rings (SSSR count).